The van der Waals surface area contributed by atoms with Crippen molar-refractivity contribution in [3.8, 4) is 16.8 Å². The highest BCUT2D eigenvalue weighted by molar-refractivity contribution is 6.10. The molecule has 210 valence electrons. The zero-order chi connectivity index (χ0) is 29.7. The predicted molar refractivity (Wildman–Crippen MR) is 158 cm³/mol. The fourth-order valence-electron chi connectivity index (χ4n) is 5.51. The number of benzene rings is 5. The number of fused-ring (bicyclic) bond motifs is 3. The van der Waals surface area contributed by atoms with Gasteiger partial charge >= 0.3 is 0 Å². The SMILES string of the molecule is Fc1c(F)c(F)c(-c2ccc(-n3c4ccncc4c4cc(N(c5ccccc5)c5ccccc5)ccc43)cc2)c(F)c1F. The second-order valence-corrected chi connectivity index (χ2v) is 9.93. The highest BCUT2D eigenvalue weighted by atomic mass is 19.2. The summed E-state index contributed by atoms with van der Waals surface area (Å²) < 4.78 is 72.3. The van der Waals surface area contributed by atoms with Crippen LogP contribution in [0.2, 0.25) is 0 Å². The average molecular weight is 578 g/mol. The molecule has 0 fully saturated rings. The molecular formula is C35H20F5N3. The maximum atomic E-state index is 14.5. The number of anilines is 3. The van der Waals surface area contributed by atoms with Gasteiger partial charge in [-0.1, -0.05) is 48.5 Å². The number of hydrogen-bond donors (Lipinski definition) is 0. The fraction of sp³-hybridized carbons (Fsp3) is 0. The van der Waals surface area contributed by atoms with Gasteiger partial charge in [-0.2, -0.15) is 0 Å². The first kappa shape index (κ1) is 26.4. The lowest BCUT2D eigenvalue weighted by Crippen LogP contribution is -2.09. The van der Waals surface area contributed by atoms with Gasteiger partial charge in [0, 0.05) is 45.9 Å². The van der Waals surface area contributed by atoms with E-state index in [1.807, 2.05) is 83.4 Å². The van der Waals surface area contributed by atoms with E-state index in [2.05, 4.69) is 16.0 Å². The fourth-order valence-corrected chi connectivity index (χ4v) is 5.51. The first-order chi connectivity index (χ1) is 20.9. The van der Waals surface area contributed by atoms with Gasteiger partial charge in [0.05, 0.1) is 16.6 Å². The number of rotatable bonds is 5. The molecule has 43 heavy (non-hydrogen) atoms. The van der Waals surface area contributed by atoms with Crippen LogP contribution in [-0.2, 0) is 0 Å². The molecule has 0 N–H and O–H groups in total. The number of hydrogen-bond acceptors (Lipinski definition) is 2. The van der Waals surface area contributed by atoms with Crippen molar-refractivity contribution in [3.05, 3.63) is 151 Å². The standard InChI is InChI=1S/C35H20F5N3/c36-31-30(32(37)34(39)35(40)33(31)38)21-11-13-24(14-12-21)43-28-16-15-25(19-26(28)27-20-41-18-17-29(27)43)42(22-7-3-1-4-8-22)23-9-5-2-6-10-23/h1-20H. The molecule has 2 aromatic heterocycles. The Balaban J connectivity index is 1.39. The van der Waals surface area contributed by atoms with Gasteiger partial charge in [0.25, 0.3) is 0 Å². The molecular weight excluding hydrogens is 557 g/mol. The van der Waals surface area contributed by atoms with Crippen LogP contribution in [0.5, 0.6) is 0 Å². The van der Waals surface area contributed by atoms with E-state index in [-0.39, 0.29) is 5.56 Å². The summed E-state index contributed by atoms with van der Waals surface area (Å²) >= 11 is 0. The molecule has 0 radical (unpaired) electrons. The minimum absolute atomic E-state index is 0.136. The molecule has 0 aliphatic rings. The zero-order valence-electron chi connectivity index (χ0n) is 22.3. The van der Waals surface area contributed by atoms with Crippen molar-refractivity contribution in [2.24, 2.45) is 0 Å². The summed E-state index contributed by atoms with van der Waals surface area (Å²) in [5, 5.41) is 1.80. The Labute approximate surface area is 242 Å². The molecule has 8 heteroatoms. The second kappa shape index (κ2) is 10.4. The Kier molecular flexibility index (Phi) is 6.39. The van der Waals surface area contributed by atoms with Crippen molar-refractivity contribution < 1.29 is 22.0 Å². The molecule has 3 nitrogen and oxygen atoms in total. The lowest BCUT2D eigenvalue weighted by molar-refractivity contribution is 0.381. The van der Waals surface area contributed by atoms with Gasteiger partial charge in [-0.3, -0.25) is 4.98 Å². The summed E-state index contributed by atoms with van der Waals surface area (Å²) in [7, 11) is 0. The molecule has 0 bridgehead atoms. The van der Waals surface area contributed by atoms with E-state index in [0.29, 0.717) is 5.69 Å². The van der Waals surface area contributed by atoms with Gasteiger partial charge in [-0.15, -0.1) is 0 Å². The van der Waals surface area contributed by atoms with Crippen molar-refractivity contribution in [2.75, 3.05) is 4.90 Å². The van der Waals surface area contributed by atoms with Crippen molar-refractivity contribution in [1.82, 2.24) is 9.55 Å². The van der Waals surface area contributed by atoms with Crippen molar-refractivity contribution in [3.63, 3.8) is 0 Å². The van der Waals surface area contributed by atoms with E-state index in [4.69, 9.17) is 0 Å². The molecule has 0 atom stereocenters. The maximum Gasteiger partial charge on any atom is 0.200 e. The second-order valence-electron chi connectivity index (χ2n) is 9.93. The van der Waals surface area contributed by atoms with Gasteiger partial charge < -0.3 is 9.47 Å². The van der Waals surface area contributed by atoms with Crippen LogP contribution in [-0.4, -0.2) is 9.55 Å². The van der Waals surface area contributed by atoms with Crippen LogP contribution in [0.4, 0.5) is 39.0 Å². The molecule has 7 rings (SSSR count). The van der Waals surface area contributed by atoms with E-state index < -0.39 is 34.6 Å². The molecule has 0 saturated carbocycles. The van der Waals surface area contributed by atoms with Crippen LogP contribution in [0.1, 0.15) is 0 Å². The number of aromatic nitrogens is 2. The maximum absolute atomic E-state index is 14.5. The third kappa shape index (κ3) is 4.30. The van der Waals surface area contributed by atoms with E-state index in [1.165, 1.54) is 12.1 Å². The summed E-state index contributed by atoms with van der Waals surface area (Å²) in [6, 6.07) is 33.8. The van der Waals surface area contributed by atoms with Crippen LogP contribution in [0, 0.1) is 29.1 Å². The van der Waals surface area contributed by atoms with Gasteiger partial charge in [-0.25, -0.2) is 22.0 Å². The Bertz CT molecular complexity index is 2060. The summed E-state index contributed by atoms with van der Waals surface area (Å²) in [6.45, 7) is 0. The van der Waals surface area contributed by atoms with Crippen molar-refractivity contribution in [1.29, 1.82) is 0 Å². The highest BCUT2D eigenvalue weighted by Gasteiger charge is 2.26. The van der Waals surface area contributed by atoms with E-state index in [9.17, 15) is 22.0 Å². The molecule has 0 unspecified atom stereocenters. The number of halogens is 5. The summed E-state index contributed by atoms with van der Waals surface area (Å²) in [6.07, 6.45) is 3.44. The molecule has 0 saturated heterocycles. The largest absolute Gasteiger partial charge is 0.310 e. The van der Waals surface area contributed by atoms with Gasteiger partial charge in [0.1, 0.15) is 0 Å². The summed E-state index contributed by atoms with van der Waals surface area (Å²) in [5.74, 6) is -9.90. The van der Waals surface area contributed by atoms with E-state index in [0.717, 1.165) is 38.9 Å². The summed E-state index contributed by atoms with van der Waals surface area (Å²) in [4.78, 5) is 6.50. The molecule has 0 aliphatic heterocycles. The van der Waals surface area contributed by atoms with Crippen molar-refractivity contribution in [2.45, 2.75) is 0 Å². The predicted octanol–water partition coefficient (Wildman–Crippen LogP) is 10.0. The molecule has 0 spiro atoms. The summed E-state index contributed by atoms with van der Waals surface area (Å²) in [5.41, 5.74) is 4.10. The molecule has 2 heterocycles. The molecule has 0 aliphatic carbocycles. The third-order valence-corrected chi connectivity index (χ3v) is 7.46. The Morgan fingerprint density at radius 3 is 1.67 bits per heavy atom. The van der Waals surface area contributed by atoms with Crippen LogP contribution in [0.25, 0.3) is 38.6 Å². The lowest BCUT2D eigenvalue weighted by Gasteiger charge is -2.25. The molecule has 5 aromatic carbocycles. The normalized spacial score (nSPS) is 11.4. The smallest absolute Gasteiger partial charge is 0.200 e. The minimum Gasteiger partial charge on any atom is -0.310 e. The van der Waals surface area contributed by atoms with Crippen LogP contribution >= 0.6 is 0 Å². The average Bonchev–Trinajstić information content (AvgIpc) is 3.38. The monoisotopic (exact) mass is 577 g/mol. The quantitative estimate of drug-likeness (QED) is 0.115. The van der Waals surface area contributed by atoms with Crippen molar-refractivity contribution >= 4 is 38.9 Å². The van der Waals surface area contributed by atoms with E-state index in [1.54, 1.807) is 24.5 Å². The number of para-hydroxylation sites is 2. The van der Waals surface area contributed by atoms with Crippen LogP contribution < -0.4 is 4.90 Å². The number of nitrogens with zero attached hydrogens (tertiary/aromatic N) is 3. The Hall–Kier alpha value is -5.50. The first-order valence-electron chi connectivity index (χ1n) is 13.3. The van der Waals surface area contributed by atoms with Gasteiger partial charge in [-0.05, 0) is 66.2 Å². The minimum atomic E-state index is -2.19. The highest BCUT2D eigenvalue weighted by Crippen LogP contribution is 2.40. The molecule has 0 amide bonds. The lowest BCUT2D eigenvalue weighted by atomic mass is 10.0. The first-order valence-corrected chi connectivity index (χ1v) is 13.3. The Morgan fingerprint density at radius 2 is 1.07 bits per heavy atom. The van der Waals surface area contributed by atoms with Crippen LogP contribution in [0.3, 0.4) is 0 Å². The van der Waals surface area contributed by atoms with Gasteiger partial charge in [0.15, 0.2) is 23.3 Å². The number of pyridine rings is 1. The van der Waals surface area contributed by atoms with E-state index >= 15 is 0 Å². The van der Waals surface area contributed by atoms with Gasteiger partial charge in [0.2, 0.25) is 5.82 Å². The topological polar surface area (TPSA) is 21.1 Å². The Morgan fingerprint density at radius 1 is 0.512 bits per heavy atom. The third-order valence-electron chi connectivity index (χ3n) is 7.46. The zero-order valence-corrected chi connectivity index (χ0v) is 22.3. The van der Waals surface area contributed by atoms with Crippen LogP contribution in [0.15, 0.2) is 122 Å². The molecule has 7 aromatic rings.